The van der Waals surface area contributed by atoms with E-state index in [1.165, 1.54) is 30.4 Å². The Bertz CT molecular complexity index is 398. The van der Waals surface area contributed by atoms with Crippen LogP contribution < -0.4 is 11.5 Å². The van der Waals surface area contributed by atoms with Crippen molar-refractivity contribution in [2.45, 2.75) is 62.4 Å². The quantitative estimate of drug-likeness (QED) is 0.840. The topological polar surface area (TPSA) is 52.0 Å². The SMILES string of the molecule is NC1CCC(N)(c2ccc(C3CCC3)cc2)CC1. The Hall–Kier alpha value is -0.860. The van der Waals surface area contributed by atoms with Crippen molar-refractivity contribution in [1.82, 2.24) is 0 Å². The predicted molar refractivity (Wildman–Crippen MR) is 75.3 cm³/mol. The van der Waals surface area contributed by atoms with E-state index in [1.54, 1.807) is 0 Å². The van der Waals surface area contributed by atoms with Crippen LogP contribution in [0.1, 0.15) is 62.0 Å². The molecular weight excluding hydrogens is 220 g/mol. The van der Waals surface area contributed by atoms with Crippen LogP contribution >= 0.6 is 0 Å². The Morgan fingerprint density at radius 1 is 0.944 bits per heavy atom. The molecule has 0 spiro atoms. The molecule has 2 aliphatic carbocycles. The Balaban J connectivity index is 1.75. The molecule has 2 heteroatoms. The number of rotatable bonds is 2. The van der Waals surface area contributed by atoms with Crippen LogP contribution in [0, 0.1) is 0 Å². The zero-order valence-corrected chi connectivity index (χ0v) is 11.1. The van der Waals surface area contributed by atoms with Gasteiger partial charge in [0.25, 0.3) is 0 Å². The second kappa shape index (κ2) is 4.67. The summed E-state index contributed by atoms with van der Waals surface area (Å²) in [5.41, 5.74) is 15.2. The van der Waals surface area contributed by atoms with Crippen molar-refractivity contribution in [3.63, 3.8) is 0 Å². The van der Waals surface area contributed by atoms with E-state index >= 15 is 0 Å². The van der Waals surface area contributed by atoms with Crippen LogP contribution in [0.25, 0.3) is 0 Å². The maximum absolute atomic E-state index is 6.56. The summed E-state index contributed by atoms with van der Waals surface area (Å²) in [6.45, 7) is 0. The minimum absolute atomic E-state index is 0.131. The average Bonchev–Trinajstić information content (AvgIpc) is 2.32. The number of hydrogen-bond donors (Lipinski definition) is 2. The molecule has 4 N–H and O–H groups in total. The van der Waals surface area contributed by atoms with Crippen LogP contribution in [0.4, 0.5) is 0 Å². The fourth-order valence-electron chi connectivity index (χ4n) is 3.27. The summed E-state index contributed by atoms with van der Waals surface area (Å²) in [7, 11) is 0. The van der Waals surface area contributed by atoms with Gasteiger partial charge in [0.2, 0.25) is 0 Å². The minimum Gasteiger partial charge on any atom is -0.328 e. The third-order valence-electron chi connectivity index (χ3n) is 4.98. The van der Waals surface area contributed by atoms with Crippen molar-refractivity contribution in [2.75, 3.05) is 0 Å². The van der Waals surface area contributed by atoms with Crippen molar-refractivity contribution >= 4 is 0 Å². The Labute approximate surface area is 110 Å². The summed E-state index contributed by atoms with van der Waals surface area (Å²) in [6, 6.07) is 9.45. The summed E-state index contributed by atoms with van der Waals surface area (Å²) in [4.78, 5) is 0. The molecule has 2 nitrogen and oxygen atoms in total. The maximum Gasteiger partial charge on any atom is 0.0410 e. The van der Waals surface area contributed by atoms with Gasteiger partial charge < -0.3 is 11.5 Å². The Kier molecular flexibility index (Phi) is 3.16. The third kappa shape index (κ3) is 2.19. The van der Waals surface area contributed by atoms with Gasteiger partial charge in [-0.2, -0.15) is 0 Å². The predicted octanol–water partition coefficient (Wildman–Crippen LogP) is 3.01. The molecule has 2 saturated carbocycles. The number of hydrogen-bond acceptors (Lipinski definition) is 2. The van der Waals surface area contributed by atoms with Crippen molar-refractivity contribution < 1.29 is 0 Å². The van der Waals surface area contributed by atoms with E-state index in [2.05, 4.69) is 24.3 Å². The molecule has 2 aliphatic rings. The molecule has 1 aromatic carbocycles. The van der Waals surface area contributed by atoms with Gasteiger partial charge in [0, 0.05) is 11.6 Å². The lowest BCUT2D eigenvalue weighted by Gasteiger charge is -2.37. The van der Waals surface area contributed by atoms with Gasteiger partial charge in [-0.3, -0.25) is 0 Å². The van der Waals surface area contributed by atoms with Crippen molar-refractivity contribution in [3.05, 3.63) is 35.4 Å². The maximum atomic E-state index is 6.56. The van der Waals surface area contributed by atoms with E-state index in [0.29, 0.717) is 6.04 Å². The number of nitrogens with two attached hydrogens (primary N) is 2. The highest BCUT2D eigenvalue weighted by molar-refractivity contribution is 5.31. The largest absolute Gasteiger partial charge is 0.328 e. The van der Waals surface area contributed by atoms with E-state index in [-0.39, 0.29) is 5.54 Å². The van der Waals surface area contributed by atoms with Gasteiger partial charge in [-0.15, -0.1) is 0 Å². The molecule has 0 bridgehead atoms. The van der Waals surface area contributed by atoms with Crippen LogP contribution in [-0.2, 0) is 5.54 Å². The first-order valence-electron chi connectivity index (χ1n) is 7.32. The van der Waals surface area contributed by atoms with E-state index in [9.17, 15) is 0 Å². The standard InChI is InChI=1S/C16H24N2/c17-15-8-10-16(18,11-9-15)14-6-4-13(5-7-14)12-2-1-3-12/h4-7,12,15H,1-3,8-11,17-18H2. The molecule has 18 heavy (non-hydrogen) atoms. The fourth-order valence-corrected chi connectivity index (χ4v) is 3.27. The van der Waals surface area contributed by atoms with E-state index in [4.69, 9.17) is 11.5 Å². The summed E-state index contributed by atoms with van der Waals surface area (Å²) in [5.74, 6) is 0.813. The molecule has 0 atom stereocenters. The summed E-state index contributed by atoms with van der Waals surface area (Å²) < 4.78 is 0. The summed E-state index contributed by atoms with van der Waals surface area (Å²) in [6.07, 6.45) is 8.28. The second-order valence-electron chi connectivity index (χ2n) is 6.24. The zero-order chi connectivity index (χ0) is 12.6. The van der Waals surface area contributed by atoms with Gasteiger partial charge in [-0.05, 0) is 55.6 Å². The highest BCUT2D eigenvalue weighted by Crippen LogP contribution is 2.38. The fraction of sp³-hybridized carbons (Fsp3) is 0.625. The monoisotopic (exact) mass is 244 g/mol. The van der Waals surface area contributed by atoms with Gasteiger partial charge in [0.05, 0.1) is 0 Å². The Morgan fingerprint density at radius 3 is 2.06 bits per heavy atom. The van der Waals surface area contributed by atoms with Crippen LogP contribution in [0.3, 0.4) is 0 Å². The highest BCUT2D eigenvalue weighted by atomic mass is 14.8. The van der Waals surface area contributed by atoms with Gasteiger partial charge in [-0.1, -0.05) is 30.7 Å². The lowest BCUT2D eigenvalue weighted by Crippen LogP contribution is -2.43. The second-order valence-corrected chi connectivity index (χ2v) is 6.24. The molecule has 0 saturated heterocycles. The zero-order valence-electron chi connectivity index (χ0n) is 11.1. The lowest BCUT2D eigenvalue weighted by molar-refractivity contribution is 0.277. The van der Waals surface area contributed by atoms with E-state index in [1.807, 2.05) is 0 Å². The first-order valence-corrected chi connectivity index (χ1v) is 7.32. The van der Waals surface area contributed by atoms with Crippen LogP contribution in [-0.4, -0.2) is 6.04 Å². The molecule has 0 heterocycles. The van der Waals surface area contributed by atoms with Crippen LogP contribution in [0.5, 0.6) is 0 Å². The minimum atomic E-state index is -0.131. The van der Waals surface area contributed by atoms with Crippen molar-refractivity contribution in [1.29, 1.82) is 0 Å². The van der Waals surface area contributed by atoms with Gasteiger partial charge in [0.1, 0.15) is 0 Å². The van der Waals surface area contributed by atoms with Gasteiger partial charge in [-0.25, -0.2) is 0 Å². The summed E-state index contributed by atoms with van der Waals surface area (Å²) >= 11 is 0. The van der Waals surface area contributed by atoms with Gasteiger partial charge in [0.15, 0.2) is 0 Å². The first kappa shape index (κ1) is 12.2. The van der Waals surface area contributed by atoms with E-state index < -0.39 is 0 Å². The average molecular weight is 244 g/mol. The summed E-state index contributed by atoms with van der Waals surface area (Å²) in [5, 5.41) is 0. The van der Waals surface area contributed by atoms with Gasteiger partial charge >= 0.3 is 0 Å². The van der Waals surface area contributed by atoms with Crippen molar-refractivity contribution in [3.8, 4) is 0 Å². The smallest absolute Gasteiger partial charge is 0.0410 e. The molecule has 3 rings (SSSR count). The number of benzene rings is 1. The molecule has 0 amide bonds. The van der Waals surface area contributed by atoms with Crippen molar-refractivity contribution in [2.24, 2.45) is 11.5 Å². The van der Waals surface area contributed by atoms with E-state index in [0.717, 1.165) is 31.6 Å². The van der Waals surface area contributed by atoms with Crippen LogP contribution in [0.2, 0.25) is 0 Å². The lowest BCUT2D eigenvalue weighted by atomic mass is 9.74. The highest BCUT2D eigenvalue weighted by Gasteiger charge is 2.32. The molecule has 0 aliphatic heterocycles. The molecule has 2 fully saturated rings. The molecule has 98 valence electrons. The molecular formula is C16H24N2. The molecule has 0 unspecified atom stereocenters. The molecule has 0 aromatic heterocycles. The normalized spacial score (nSPS) is 33.1. The molecule has 0 radical (unpaired) electrons. The first-order chi connectivity index (χ1) is 8.67. The Morgan fingerprint density at radius 2 is 1.56 bits per heavy atom. The third-order valence-corrected chi connectivity index (χ3v) is 4.98. The van der Waals surface area contributed by atoms with Crippen LogP contribution in [0.15, 0.2) is 24.3 Å². The molecule has 1 aromatic rings.